The van der Waals surface area contributed by atoms with E-state index < -0.39 is 72.3 Å². The third-order valence-corrected chi connectivity index (χ3v) is 5.22. The molecule has 0 fully saturated rings. The van der Waals surface area contributed by atoms with Crippen LogP contribution < -0.4 is 21.7 Å². The third kappa shape index (κ3) is 10.8. The van der Waals surface area contributed by atoms with Gasteiger partial charge in [0.2, 0.25) is 17.7 Å². The lowest BCUT2D eigenvalue weighted by Crippen LogP contribution is -2.59. The van der Waals surface area contributed by atoms with Crippen molar-refractivity contribution in [1.82, 2.24) is 16.0 Å². The van der Waals surface area contributed by atoms with Crippen LogP contribution in [0.3, 0.4) is 0 Å². The highest BCUT2D eigenvalue weighted by Crippen LogP contribution is 2.08. The Morgan fingerprint density at radius 2 is 1.44 bits per heavy atom. The molecular formula is C19H34N4O8S. The van der Waals surface area contributed by atoms with Gasteiger partial charge < -0.3 is 37.0 Å². The fourth-order valence-electron chi connectivity index (χ4n) is 2.57. The number of nitrogens with two attached hydrogens (primary N) is 1. The molecule has 0 aliphatic rings. The first kappa shape index (κ1) is 29.6. The molecule has 0 rings (SSSR count). The molecule has 5 unspecified atom stereocenters. The smallest absolute Gasteiger partial charge is 0.326 e. The van der Waals surface area contributed by atoms with Gasteiger partial charge in [-0.05, 0) is 37.7 Å². The molecule has 0 bridgehead atoms. The highest BCUT2D eigenvalue weighted by atomic mass is 32.2. The largest absolute Gasteiger partial charge is 0.481 e. The molecule has 0 saturated carbocycles. The summed E-state index contributed by atoms with van der Waals surface area (Å²) in [6, 6.07) is -4.94. The van der Waals surface area contributed by atoms with E-state index in [9.17, 15) is 34.2 Å². The summed E-state index contributed by atoms with van der Waals surface area (Å²) in [5, 5.41) is 34.8. The van der Waals surface area contributed by atoms with Gasteiger partial charge in [-0.3, -0.25) is 19.2 Å². The number of aliphatic hydroxyl groups excluding tert-OH is 1. The molecule has 0 radical (unpaired) electrons. The highest BCUT2D eigenvalue weighted by molar-refractivity contribution is 7.98. The van der Waals surface area contributed by atoms with Crippen LogP contribution in [0.5, 0.6) is 0 Å². The molecule has 13 heteroatoms. The summed E-state index contributed by atoms with van der Waals surface area (Å²) in [4.78, 5) is 59.9. The van der Waals surface area contributed by atoms with Crippen molar-refractivity contribution in [2.75, 3.05) is 12.0 Å². The van der Waals surface area contributed by atoms with Crippen molar-refractivity contribution in [1.29, 1.82) is 0 Å². The lowest BCUT2D eigenvalue weighted by molar-refractivity contribution is -0.142. The molecular weight excluding hydrogens is 444 g/mol. The number of carboxylic acid groups (broad SMARTS) is 2. The average molecular weight is 479 g/mol. The first-order chi connectivity index (χ1) is 14.8. The molecule has 0 aliphatic carbocycles. The number of carbonyl (C=O) groups excluding carboxylic acids is 3. The van der Waals surface area contributed by atoms with Crippen LogP contribution in [-0.2, 0) is 24.0 Å². The predicted octanol–water partition coefficient (Wildman–Crippen LogP) is -1.49. The van der Waals surface area contributed by atoms with Gasteiger partial charge in [0.15, 0.2) is 0 Å². The van der Waals surface area contributed by atoms with Crippen molar-refractivity contribution >= 4 is 41.4 Å². The Labute approximate surface area is 191 Å². The maximum atomic E-state index is 12.8. The Hall–Kier alpha value is -2.38. The monoisotopic (exact) mass is 478 g/mol. The van der Waals surface area contributed by atoms with Crippen molar-refractivity contribution in [3.63, 3.8) is 0 Å². The van der Waals surface area contributed by atoms with Crippen molar-refractivity contribution < 1.29 is 39.3 Å². The quantitative estimate of drug-likeness (QED) is 0.145. The van der Waals surface area contributed by atoms with E-state index in [1.807, 2.05) is 0 Å². The van der Waals surface area contributed by atoms with E-state index >= 15 is 0 Å². The van der Waals surface area contributed by atoms with E-state index in [0.29, 0.717) is 5.75 Å². The number of hydrogen-bond donors (Lipinski definition) is 7. The van der Waals surface area contributed by atoms with Crippen molar-refractivity contribution in [2.45, 2.75) is 70.3 Å². The van der Waals surface area contributed by atoms with Gasteiger partial charge in [-0.2, -0.15) is 11.8 Å². The van der Waals surface area contributed by atoms with Gasteiger partial charge >= 0.3 is 11.9 Å². The SMILES string of the molecule is CSCCC(NC(=O)C(NC(=O)C(CCC(=O)O)NC(=O)C(N)C(C)O)C(C)C)C(=O)O. The number of rotatable bonds is 15. The minimum absolute atomic E-state index is 0.190. The Morgan fingerprint density at radius 1 is 0.875 bits per heavy atom. The zero-order valence-electron chi connectivity index (χ0n) is 18.7. The second kappa shape index (κ2) is 14.6. The van der Waals surface area contributed by atoms with E-state index in [0.717, 1.165) is 0 Å². The summed E-state index contributed by atoms with van der Waals surface area (Å²) in [6.45, 7) is 4.55. The van der Waals surface area contributed by atoms with Gasteiger partial charge in [0, 0.05) is 6.42 Å². The summed E-state index contributed by atoms with van der Waals surface area (Å²) >= 11 is 1.42. The van der Waals surface area contributed by atoms with Crippen LogP contribution in [0, 0.1) is 5.92 Å². The summed E-state index contributed by atoms with van der Waals surface area (Å²) in [6.07, 6.45) is 0.0534. The van der Waals surface area contributed by atoms with E-state index in [4.69, 9.17) is 10.8 Å². The molecule has 8 N–H and O–H groups in total. The lowest BCUT2D eigenvalue weighted by atomic mass is 10.0. The predicted molar refractivity (Wildman–Crippen MR) is 118 cm³/mol. The van der Waals surface area contributed by atoms with Gasteiger partial charge in [0.05, 0.1) is 6.10 Å². The minimum Gasteiger partial charge on any atom is -0.481 e. The number of nitrogens with one attached hydrogen (secondary N) is 3. The van der Waals surface area contributed by atoms with Crippen LogP contribution in [0.1, 0.15) is 40.0 Å². The fraction of sp³-hybridized carbons (Fsp3) is 0.737. The number of aliphatic hydroxyl groups is 1. The van der Waals surface area contributed by atoms with Gasteiger partial charge in [-0.25, -0.2) is 4.79 Å². The topological polar surface area (TPSA) is 208 Å². The Bertz CT molecular complexity index is 674. The normalized spacial score (nSPS) is 15.7. The standard InChI is InChI=1S/C19H34N4O8S/c1-9(2)15(18(29)22-12(19(30)31)7-8-32-4)23-16(27)11(5-6-13(25)26)21-17(28)14(20)10(3)24/h9-12,14-15,24H,5-8,20H2,1-4H3,(H,21,28)(H,22,29)(H,23,27)(H,25,26)(H,30,31). The van der Waals surface area contributed by atoms with Crippen LogP contribution in [0.25, 0.3) is 0 Å². The minimum atomic E-state index is -1.34. The Balaban J connectivity index is 5.44. The number of carbonyl (C=O) groups is 5. The molecule has 32 heavy (non-hydrogen) atoms. The van der Waals surface area contributed by atoms with Crippen LogP contribution in [0.4, 0.5) is 0 Å². The molecule has 0 spiro atoms. The molecule has 0 aliphatic heterocycles. The number of aliphatic carboxylic acids is 2. The molecule has 0 heterocycles. The number of thioether (sulfide) groups is 1. The molecule has 184 valence electrons. The summed E-state index contributed by atoms with van der Waals surface area (Å²) in [5.74, 6) is -4.76. The number of amides is 3. The fourth-order valence-corrected chi connectivity index (χ4v) is 3.04. The molecule has 12 nitrogen and oxygen atoms in total. The summed E-state index contributed by atoms with van der Waals surface area (Å²) in [5.41, 5.74) is 5.55. The van der Waals surface area contributed by atoms with Crippen molar-refractivity contribution in [3.8, 4) is 0 Å². The van der Waals surface area contributed by atoms with E-state index in [2.05, 4.69) is 16.0 Å². The van der Waals surface area contributed by atoms with Crippen molar-refractivity contribution in [3.05, 3.63) is 0 Å². The van der Waals surface area contributed by atoms with E-state index in [1.165, 1.54) is 18.7 Å². The zero-order chi connectivity index (χ0) is 25.0. The van der Waals surface area contributed by atoms with Gasteiger partial charge in [-0.15, -0.1) is 0 Å². The highest BCUT2D eigenvalue weighted by Gasteiger charge is 2.32. The Kier molecular flexibility index (Phi) is 13.5. The molecule has 5 atom stereocenters. The molecule has 0 aromatic carbocycles. The number of carboxylic acids is 2. The maximum absolute atomic E-state index is 12.8. The second-order valence-corrected chi connectivity index (χ2v) is 8.66. The molecule has 0 aromatic heterocycles. The second-order valence-electron chi connectivity index (χ2n) is 7.67. The van der Waals surface area contributed by atoms with Crippen LogP contribution >= 0.6 is 11.8 Å². The Morgan fingerprint density at radius 3 is 1.88 bits per heavy atom. The third-order valence-electron chi connectivity index (χ3n) is 4.57. The first-order valence-electron chi connectivity index (χ1n) is 10.1. The van der Waals surface area contributed by atoms with E-state index in [1.54, 1.807) is 20.1 Å². The van der Waals surface area contributed by atoms with Gasteiger partial charge in [0.1, 0.15) is 24.2 Å². The lowest BCUT2D eigenvalue weighted by Gasteiger charge is -2.27. The van der Waals surface area contributed by atoms with Crippen LogP contribution in [-0.4, -0.2) is 87.3 Å². The van der Waals surface area contributed by atoms with E-state index in [-0.39, 0.29) is 12.8 Å². The van der Waals surface area contributed by atoms with Gasteiger partial charge in [0.25, 0.3) is 0 Å². The van der Waals surface area contributed by atoms with Crippen LogP contribution in [0.2, 0.25) is 0 Å². The van der Waals surface area contributed by atoms with Crippen molar-refractivity contribution in [2.24, 2.45) is 11.7 Å². The molecule has 3 amide bonds. The summed E-state index contributed by atoms with van der Waals surface area (Å²) in [7, 11) is 0. The maximum Gasteiger partial charge on any atom is 0.326 e. The first-order valence-corrected chi connectivity index (χ1v) is 11.5. The summed E-state index contributed by atoms with van der Waals surface area (Å²) < 4.78 is 0. The van der Waals surface area contributed by atoms with Gasteiger partial charge in [-0.1, -0.05) is 13.8 Å². The number of hydrogen-bond acceptors (Lipinski definition) is 8. The molecule has 0 aromatic rings. The molecule has 0 saturated heterocycles. The van der Waals surface area contributed by atoms with Crippen LogP contribution in [0.15, 0.2) is 0 Å². The zero-order valence-corrected chi connectivity index (χ0v) is 19.5. The average Bonchev–Trinajstić information content (AvgIpc) is 2.70.